The zero-order valence-corrected chi connectivity index (χ0v) is 25.7. The van der Waals surface area contributed by atoms with Crippen molar-refractivity contribution in [3.8, 4) is 17.1 Å². The maximum absolute atomic E-state index is 12.0. The minimum atomic E-state index is -1.30. The topological polar surface area (TPSA) is 137 Å². The Morgan fingerprint density at radius 3 is 2.56 bits per heavy atom. The van der Waals surface area contributed by atoms with E-state index in [0.717, 1.165) is 22.0 Å². The number of hydrogen-bond donors (Lipinski definition) is 2. The van der Waals surface area contributed by atoms with Gasteiger partial charge in [-0.2, -0.15) is 0 Å². The lowest BCUT2D eigenvalue weighted by molar-refractivity contribution is -0.168. The normalized spacial score (nSPS) is 12.3. The third-order valence-electron chi connectivity index (χ3n) is 6.39. The van der Waals surface area contributed by atoms with Crippen molar-refractivity contribution in [3.05, 3.63) is 42.4 Å². The van der Waals surface area contributed by atoms with Crippen LogP contribution >= 0.6 is 0 Å². The van der Waals surface area contributed by atoms with E-state index in [2.05, 4.69) is 29.9 Å². The number of pyridine rings is 1. The van der Waals surface area contributed by atoms with Crippen molar-refractivity contribution in [3.63, 3.8) is 0 Å². The van der Waals surface area contributed by atoms with Gasteiger partial charge in [0, 0.05) is 46.3 Å². The summed E-state index contributed by atoms with van der Waals surface area (Å²) >= 11 is 0. The molecule has 1 aromatic carbocycles. The van der Waals surface area contributed by atoms with Gasteiger partial charge in [0.15, 0.2) is 0 Å². The summed E-state index contributed by atoms with van der Waals surface area (Å²) in [7, 11) is 3.21. The van der Waals surface area contributed by atoms with Crippen molar-refractivity contribution < 1.29 is 33.7 Å². The van der Waals surface area contributed by atoms with Crippen LogP contribution in [0.4, 0.5) is 4.79 Å². The number of methoxy groups -OCH3 is 1. The van der Waals surface area contributed by atoms with Crippen LogP contribution in [0.25, 0.3) is 22.2 Å². The van der Waals surface area contributed by atoms with Gasteiger partial charge < -0.3 is 29.2 Å². The molecule has 0 saturated carbocycles. The molecule has 0 aliphatic rings. The Kier molecular flexibility index (Phi) is 11.6. The first kappa shape index (κ1) is 32.0. The van der Waals surface area contributed by atoms with Gasteiger partial charge in [-0.25, -0.2) is 19.8 Å². The number of hydrogen-bond acceptors (Lipinski definition) is 8. The Balaban J connectivity index is 1.88. The SMILES string of the molecule is COc1nc2ccccc2cc1-c1cn(COCC[Si](C)(C)C)c([C@H](COCCCC(=O)N(C)OC)NC(=O)O)n1. The van der Waals surface area contributed by atoms with E-state index in [0.29, 0.717) is 36.0 Å². The van der Waals surface area contributed by atoms with Crippen molar-refractivity contribution >= 4 is 31.0 Å². The van der Waals surface area contributed by atoms with Gasteiger partial charge in [0.05, 0.1) is 37.6 Å². The molecule has 0 spiro atoms. The van der Waals surface area contributed by atoms with Crippen molar-refractivity contribution in [2.75, 3.05) is 41.1 Å². The fraction of sp³-hybridized carbons (Fsp3) is 0.500. The number of benzene rings is 1. The van der Waals surface area contributed by atoms with Crippen LogP contribution in [-0.2, 0) is 25.8 Å². The molecule has 0 unspecified atom stereocenters. The molecule has 41 heavy (non-hydrogen) atoms. The van der Waals surface area contributed by atoms with Gasteiger partial charge in [0.1, 0.15) is 18.6 Å². The molecular formula is C28H41N5O7Si. The predicted octanol–water partition coefficient (Wildman–Crippen LogP) is 4.54. The number of para-hydroxylation sites is 1. The Bertz CT molecular complexity index is 1310. The van der Waals surface area contributed by atoms with E-state index in [4.69, 9.17) is 24.0 Å². The fourth-order valence-electron chi connectivity index (χ4n) is 4.04. The van der Waals surface area contributed by atoms with E-state index >= 15 is 0 Å². The molecular weight excluding hydrogens is 546 g/mol. The van der Waals surface area contributed by atoms with Gasteiger partial charge in [0.25, 0.3) is 0 Å². The van der Waals surface area contributed by atoms with E-state index in [9.17, 15) is 14.7 Å². The Labute approximate surface area is 241 Å². The number of carbonyl (C=O) groups excluding carboxylic acids is 1. The molecule has 0 aliphatic heterocycles. The highest BCUT2D eigenvalue weighted by molar-refractivity contribution is 6.76. The second kappa shape index (κ2) is 14.9. The Morgan fingerprint density at radius 1 is 1.12 bits per heavy atom. The number of nitrogens with zero attached hydrogens (tertiary/aromatic N) is 4. The second-order valence-electron chi connectivity index (χ2n) is 10.8. The summed E-state index contributed by atoms with van der Waals surface area (Å²) in [6.45, 7) is 7.87. The molecule has 3 rings (SSSR count). The minimum absolute atomic E-state index is 0.0130. The van der Waals surface area contributed by atoms with Crippen LogP contribution < -0.4 is 10.1 Å². The van der Waals surface area contributed by atoms with Crippen LogP contribution in [0.1, 0.15) is 24.7 Å². The highest BCUT2D eigenvalue weighted by atomic mass is 28.3. The second-order valence-corrected chi connectivity index (χ2v) is 16.4. The lowest BCUT2D eigenvalue weighted by Gasteiger charge is -2.19. The highest BCUT2D eigenvalue weighted by Crippen LogP contribution is 2.32. The zero-order chi connectivity index (χ0) is 30.0. The molecule has 3 aromatic rings. The highest BCUT2D eigenvalue weighted by Gasteiger charge is 2.24. The molecule has 2 N–H and O–H groups in total. The van der Waals surface area contributed by atoms with Crippen LogP contribution in [0.15, 0.2) is 36.5 Å². The van der Waals surface area contributed by atoms with E-state index in [-0.39, 0.29) is 32.3 Å². The molecule has 13 heteroatoms. The number of rotatable bonds is 16. The van der Waals surface area contributed by atoms with Crippen LogP contribution in [0.3, 0.4) is 0 Å². The maximum atomic E-state index is 12.0. The summed E-state index contributed by atoms with van der Waals surface area (Å²) < 4.78 is 19.2. The molecule has 2 aromatic heterocycles. The number of amides is 2. The van der Waals surface area contributed by atoms with Gasteiger partial charge in [-0.3, -0.25) is 9.63 Å². The molecule has 224 valence electrons. The first-order valence-electron chi connectivity index (χ1n) is 13.5. The van der Waals surface area contributed by atoms with Crippen LogP contribution in [0, 0.1) is 0 Å². The van der Waals surface area contributed by atoms with Crippen molar-refractivity contribution in [1.82, 2.24) is 24.9 Å². The summed E-state index contributed by atoms with van der Waals surface area (Å²) in [6.07, 6.45) is 1.29. The Hall–Kier alpha value is -3.52. The third-order valence-corrected chi connectivity index (χ3v) is 8.09. The predicted molar refractivity (Wildman–Crippen MR) is 157 cm³/mol. The van der Waals surface area contributed by atoms with E-state index < -0.39 is 20.2 Å². The number of nitrogens with one attached hydrogen (secondary N) is 1. The van der Waals surface area contributed by atoms with Crippen molar-refractivity contribution in [2.45, 2.75) is 51.3 Å². The number of carboxylic acid groups (broad SMARTS) is 1. The Morgan fingerprint density at radius 2 is 1.88 bits per heavy atom. The third kappa shape index (κ3) is 9.52. The lowest BCUT2D eigenvalue weighted by atomic mass is 10.1. The van der Waals surface area contributed by atoms with Crippen LogP contribution in [0.5, 0.6) is 5.88 Å². The van der Waals surface area contributed by atoms with E-state index in [1.54, 1.807) is 18.7 Å². The van der Waals surface area contributed by atoms with Crippen molar-refractivity contribution in [1.29, 1.82) is 0 Å². The van der Waals surface area contributed by atoms with Crippen molar-refractivity contribution in [2.24, 2.45) is 0 Å². The lowest BCUT2D eigenvalue weighted by Crippen LogP contribution is -2.33. The average Bonchev–Trinajstić information content (AvgIpc) is 3.36. The number of fused-ring (bicyclic) bond motifs is 1. The standard InChI is InChI=1S/C28H41N5O7Si/c1-32(38-3)25(34)12-9-13-39-18-24(31-28(35)36)26-29-23(17-33(26)19-40-14-15-41(4,5)6)21-16-20-10-7-8-11-22(20)30-27(21)37-2/h7-8,10-11,16-17,24,31H,9,12-15,18-19H2,1-6H3,(H,35,36)/t24-/m0/s1. The fourth-order valence-corrected chi connectivity index (χ4v) is 4.79. The quantitative estimate of drug-likeness (QED) is 0.140. The molecule has 1 atom stereocenters. The zero-order valence-electron chi connectivity index (χ0n) is 24.7. The van der Waals surface area contributed by atoms with Gasteiger partial charge in [0.2, 0.25) is 11.8 Å². The van der Waals surface area contributed by atoms with Gasteiger partial charge in [-0.05, 0) is 24.6 Å². The number of carbonyl (C=O) groups is 2. The summed E-state index contributed by atoms with van der Waals surface area (Å²) in [4.78, 5) is 38.1. The molecule has 0 bridgehead atoms. The number of hydroxylamine groups is 2. The van der Waals surface area contributed by atoms with E-state index in [1.807, 2.05) is 36.5 Å². The summed E-state index contributed by atoms with van der Waals surface area (Å²) in [5, 5.41) is 14.2. The molecule has 2 heterocycles. The van der Waals surface area contributed by atoms with Gasteiger partial charge in [-0.1, -0.05) is 37.8 Å². The first-order chi connectivity index (χ1) is 19.5. The monoisotopic (exact) mass is 587 g/mol. The largest absolute Gasteiger partial charge is 0.480 e. The number of aromatic nitrogens is 3. The van der Waals surface area contributed by atoms with Gasteiger partial charge in [-0.15, -0.1) is 0 Å². The molecule has 0 saturated heterocycles. The minimum Gasteiger partial charge on any atom is -0.480 e. The molecule has 0 fully saturated rings. The molecule has 2 amide bonds. The van der Waals surface area contributed by atoms with Gasteiger partial charge >= 0.3 is 6.09 Å². The average molecular weight is 588 g/mol. The van der Waals surface area contributed by atoms with Crippen LogP contribution in [-0.4, -0.2) is 85.9 Å². The molecule has 12 nitrogen and oxygen atoms in total. The smallest absolute Gasteiger partial charge is 0.405 e. The molecule has 0 radical (unpaired) electrons. The molecule has 0 aliphatic carbocycles. The number of ether oxygens (including phenoxy) is 3. The maximum Gasteiger partial charge on any atom is 0.405 e. The summed E-state index contributed by atoms with van der Waals surface area (Å²) in [6, 6.07) is 9.86. The van der Waals surface area contributed by atoms with E-state index in [1.165, 1.54) is 7.11 Å². The summed E-state index contributed by atoms with van der Waals surface area (Å²) in [5.41, 5.74) is 2.02. The summed E-state index contributed by atoms with van der Waals surface area (Å²) in [5.74, 6) is 0.662. The van der Waals surface area contributed by atoms with Crippen LogP contribution in [0.2, 0.25) is 25.7 Å². The number of imidazole rings is 1. The first-order valence-corrected chi connectivity index (χ1v) is 17.2.